The summed E-state index contributed by atoms with van der Waals surface area (Å²) in [5, 5.41) is 0. The Bertz CT molecular complexity index is 216. The number of ether oxygens (including phenoxy) is 2. The van der Waals surface area contributed by atoms with Crippen LogP contribution in [0.4, 0.5) is 4.79 Å². The molecule has 1 rings (SSSR count). The summed E-state index contributed by atoms with van der Waals surface area (Å²) in [5.41, 5.74) is -0.420. The molecule has 0 atom stereocenters. The second-order valence-electron chi connectivity index (χ2n) is 4.93. The molecule has 0 aromatic carbocycles. The molecule has 0 saturated carbocycles. The van der Waals surface area contributed by atoms with E-state index in [1.165, 1.54) is 0 Å². The minimum Gasteiger partial charge on any atom is -0.444 e. The van der Waals surface area contributed by atoms with Crippen molar-refractivity contribution in [2.45, 2.75) is 45.3 Å². The lowest BCUT2D eigenvalue weighted by Gasteiger charge is -2.32. The van der Waals surface area contributed by atoms with Gasteiger partial charge in [0.15, 0.2) is 0 Å². The average Bonchev–Trinajstić information content (AvgIpc) is 2.15. The molecule has 0 aromatic rings. The summed E-state index contributed by atoms with van der Waals surface area (Å²) in [4.78, 5) is 13.4. The maximum Gasteiger partial charge on any atom is 0.410 e. The summed E-state index contributed by atoms with van der Waals surface area (Å²) in [5.74, 6) is 0. The van der Waals surface area contributed by atoms with E-state index in [0.717, 1.165) is 26.1 Å². The summed E-state index contributed by atoms with van der Waals surface area (Å²) < 4.78 is 10.6. The Morgan fingerprint density at radius 3 is 2.33 bits per heavy atom. The summed E-state index contributed by atoms with van der Waals surface area (Å²) in [6.07, 6.45) is 1.56. The molecule has 0 radical (unpaired) electrons. The van der Waals surface area contributed by atoms with Crippen molar-refractivity contribution in [1.82, 2.24) is 4.90 Å². The minimum atomic E-state index is -0.420. The van der Waals surface area contributed by atoms with Gasteiger partial charge in [0.05, 0.1) is 0 Å². The first-order chi connectivity index (χ1) is 6.90. The third kappa shape index (κ3) is 4.08. The molecule has 4 nitrogen and oxygen atoms in total. The lowest BCUT2D eigenvalue weighted by molar-refractivity contribution is 0.00188. The van der Waals surface area contributed by atoms with E-state index in [1.54, 1.807) is 11.9 Å². The van der Waals surface area contributed by atoms with Crippen LogP contribution < -0.4 is 0 Å². The third-order valence-corrected chi connectivity index (χ3v) is 2.42. The fourth-order valence-corrected chi connectivity index (χ4v) is 1.56. The molecule has 1 aliphatic heterocycles. The van der Waals surface area contributed by atoms with Crippen LogP contribution in [0.25, 0.3) is 0 Å². The van der Waals surface area contributed by atoms with E-state index in [2.05, 4.69) is 0 Å². The first kappa shape index (κ1) is 12.3. The van der Waals surface area contributed by atoms with E-state index in [-0.39, 0.29) is 12.1 Å². The van der Waals surface area contributed by atoms with E-state index in [0.29, 0.717) is 0 Å². The van der Waals surface area contributed by atoms with Crippen LogP contribution in [-0.2, 0) is 9.47 Å². The van der Waals surface area contributed by atoms with Crippen LogP contribution >= 0.6 is 0 Å². The monoisotopic (exact) mass is 215 g/mol. The van der Waals surface area contributed by atoms with Crippen LogP contribution in [0.3, 0.4) is 0 Å². The molecule has 1 fully saturated rings. The number of hydrogen-bond acceptors (Lipinski definition) is 3. The number of nitrogens with zero attached hydrogens (tertiary/aromatic N) is 1. The molecule has 1 saturated heterocycles. The maximum atomic E-state index is 11.7. The zero-order chi connectivity index (χ0) is 11.5. The van der Waals surface area contributed by atoms with E-state index in [9.17, 15) is 4.79 Å². The normalized spacial score (nSPS) is 18.7. The van der Waals surface area contributed by atoms with Crippen LogP contribution in [-0.4, -0.2) is 42.9 Å². The number of amides is 1. The summed E-state index contributed by atoms with van der Waals surface area (Å²) >= 11 is 0. The molecule has 0 aromatic heterocycles. The molecule has 88 valence electrons. The molecule has 0 aliphatic carbocycles. The second-order valence-corrected chi connectivity index (χ2v) is 4.93. The third-order valence-electron chi connectivity index (χ3n) is 2.42. The van der Waals surface area contributed by atoms with E-state index < -0.39 is 5.60 Å². The van der Waals surface area contributed by atoms with Crippen molar-refractivity contribution in [3.63, 3.8) is 0 Å². The molecule has 0 N–H and O–H groups in total. The van der Waals surface area contributed by atoms with Gasteiger partial charge in [0.2, 0.25) is 0 Å². The van der Waals surface area contributed by atoms with Crippen LogP contribution in [0.15, 0.2) is 0 Å². The number of carbonyl (C=O) groups excluding carboxylic acids is 1. The summed E-state index contributed by atoms with van der Waals surface area (Å²) in [6.45, 7) is 7.10. The smallest absolute Gasteiger partial charge is 0.410 e. The zero-order valence-electron chi connectivity index (χ0n) is 10.1. The molecule has 1 amide bonds. The fraction of sp³-hybridized carbons (Fsp3) is 0.909. The summed E-state index contributed by atoms with van der Waals surface area (Å²) in [7, 11) is 1.80. The Morgan fingerprint density at radius 1 is 1.33 bits per heavy atom. The van der Waals surface area contributed by atoms with Crippen molar-refractivity contribution in [2.24, 2.45) is 0 Å². The Kier molecular flexibility index (Phi) is 3.97. The molecule has 0 spiro atoms. The first-order valence-corrected chi connectivity index (χ1v) is 5.44. The van der Waals surface area contributed by atoms with Gasteiger partial charge in [-0.25, -0.2) is 4.79 Å². The topological polar surface area (TPSA) is 38.8 Å². The predicted molar refractivity (Wildman–Crippen MR) is 57.8 cm³/mol. The van der Waals surface area contributed by atoms with Gasteiger partial charge in [0.1, 0.15) is 5.60 Å². The molecule has 1 heterocycles. The van der Waals surface area contributed by atoms with Crippen molar-refractivity contribution in [2.75, 3.05) is 20.3 Å². The lowest BCUT2D eigenvalue weighted by Crippen LogP contribution is -2.43. The van der Waals surface area contributed by atoms with Gasteiger partial charge in [-0.1, -0.05) is 0 Å². The molecule has 4 heteroatoms. The number of rotatable bonds is 1. The Labute approximate surface area is 91.5 Å². The molecular weight excluding hydrogens is 194 g/mol. The van der Waals surface area contributed by atoms with Crippen LogP contribution in [0, 0.1) is 0 Å². The van der Waals surface area contributed by atoms with Gasteiger partial charge < -0.3 is 14.4 Å². The molecule has 0 unspecified atom stereocenters. The largest absolute Gasteiger partial charge is 0.444 e. The van der Waals surface area contributed by atoms with Gasteiger partial charge in [-0.2, -0.15) is 0 Å². The van der Waals surface area contributed by atoms with Gasteiger partial charge in [-0.05, 0) is 33.6 Å². The van der Waals surface area contributed by atoms with Gasteiger partial charge in [0, 0.05) is 26.3 Å². The van der Waals surface area contributed by atoms with Crippen molar-refractivity contribution < 1.29 is 14.3 Å². The van der Waals surface area contributed by atoms with Crippen LogP contribution in [0.2, 0.25) is 0 Å². The second kappa shape index (κ2) is 4.84. The molecule has 0 bridgehead atoms. The Balaban J connectivity index is 2.44. The molecule has 15 heavy (non-hydrogen) atoms. The van der Waals surface area contributed by atoms with Gasteiger partial charge in [0.25, 0.3) is 0 Å². The molecular formula is C11H21NO3. The highest BCUT2D eigenvalue weighted by Gasteiger charge is 2.26. The van der Waals surface area contributed by atoms with Crippen molar-refractivity contribution in [3.8, 4) is 0 Å². The van der Waals surface area contributed by atoms with Gasteiger partial charge in [-0.15, -0.1) is 0 Å². The molecule has 1 aliphatic rings. The highest BCUT2D eigenvalue weighted by Crippen LogP contribution is 2.16. The van der Waals surface area contributed by atoms with Crippen molar-refractivity contribution in [1.29, 1.82) is 0 Å². The zero-order valence-corrected chi connectivity index (χ0v) is 10.1. The minimum absolute atomic E-state index is 0.241. The summed E-state index contributed by atoms with van der Waals surface area (Å²) in [6, 6.07) is 0.258. The highest BCUT2D eigenvalue weighted by molar-refractivity contribution is 5.68. The van der Waals surface area contributed by atoms with E-state index >= 15 is 0 Å². The van der Waals surface area contributed by atoms with E-state index in [4.69, 9.17) is 9.47 Å². The lowest BCUT2D eigenvalue weighted by atomic mass is 10.1. The number of carbonyl (C=O) groups is 1. The predicted octanol–water partition coefficient (Wildman–Crippen LogP) is 2.03. The van der Waals surface area contributed by atoms with Crippen LogP contribution in [0.1, 0.15) is 33.6 Å². The Morgan fingerprint density at radius 2 is 1.87 bits per heavy atom. The first-order valence-electron chi connectivity index (χ1n) is 5.44. The van der Waals surface area contributed by atoms with E-state index in [1.807, 2.05) is 20.8 Å². The highest BCUT2D eigenvalue weighted by atomic mass is 16.6. The van der Waals surface area contributed by atoms with Gasteiger partial charge >= 0.3 is 6.09 Å². The fourth-order valence-electron chi connectivity index (χ4n) is 1.56. The average molecular weight is 215 g/mol. The van der Waals surface area contributed by atoms with Gasteiger partial charge in [-0.3, -0.25) is 0 Å². The number of hydrogen-bond donors (Lipinski definition) is 0. The SMILES string of the molecule is CN(C(=O)OC(C)(C)C)C1CCOCC1. The van der Waals surface area contributed by atoms with Crippen LogP contribution in [0.5, 0.6) is 0 Å². The Hall–Kier alpha value is -0.770. The van der Waals surface area contributed by atoms with Crippen molar-refractivity contribution >= 4 is 6.09 Å². The standard InChI is InChI=1S/C11H21NO3/c1-11(2,3)15-10(13)12(4)9-5-7-14-8-6-9/h9H,5-8H2,1-4H3. The quantitative estimate of drug-likeness (QED) is 0.672. The maximum absolute atomic E-state index is 11.7. The van der Waals surface area contributed by atoms with Crippen molar-refractivity contribution in [3.05, 3.63) is 0 Å².